The van der Waals surface area contributed by atoms with E-state index < -0.39 is 0 Å². The van der Waals surface area contributed by atoms with E-state index in [1.54, 1.807) is 6.20 Å². The molecule has 0 aliphatic carbocycles. The Hall–Kier alpha value is -3.14. The zero-order valence-electron chi connectivity index (χ0n) is 15.3. The van der Waals surface area contributed by atoms with Gasteiger partial charge < -0.3 is 5.32 Å². The normalized spacial score (nSPS) is 11.0. The van der Waals surface area contributed by atoms with Crippen LogP contribution in [0.25, 0.3) is 17.0 Å². The van der Waals surface area contributed by atoms with E-state index in [1.165, 1.54) is 16.7 Å². The summed E-state index contributed by atoms with van der Waals surface area (Å²) >= 11 is 0. The summed E-state index contributed by atoms with van der Waals surface area (Å²) in [7, 11) is 0. The van der Waals surface area contributed by atoms with Crippen LogP contribution in [-0.2, 0) is 6.42 Å². The van der Waals surface area contributed by atoms with E-state index >= 15 is 0 Å². The number of hydrogen-bond acceptors (Lipinski definition) is 3. The van der Waals surface area contributed by atoms with Crippen molar-refractivity contribution in [1.29, 1.82) is 0 Å². The van der Waals surface area contributed by atoms with Crippen LogP contribution >= 0.6 is 0 Å². The molecule has 0 spiro atoms. The van der Waals surface area contributed by atoms with Crippen LogP contribution in [0.15, 0.2) is 60.9 Å². The monoisotopic (exact) mass is 342 g/mol. The van der Waals surface area contributed by atoms with Gasteiger partial charge in [-0.2, -0.15) is 0 Å². The van der Waals surface area contributed by atoms with Gasteiger partial charge in [0.25, 0.3) is 0 Å². The van der Waals surface area contributed by atoms with E-state index in [0.717, 1.165) is 29.2 Å². The molecule has 0 radical (unpaired) electrons. The summed E-state index contributed by atoms with van der Waals surface area (Å²) in [6.07, 6.45) is 4.74. The van der Waals surface area contributed by atoms with E-state index in [4.69, 9.17) is 4.98 Å². The van der Waals surface area contributed by atoms with Crippen LogP contribution in [-0.4, -0.2) is 14.4 Å². The van der Waals surface area contributed by atoms with Crippen molar-refractivity contribution in [2.24, 2.45) is 0 Å². The molecule has 0 saturated carbocycles. The fraction of sp³-hybridized carbons (Fsp3) is 0.182. The molecule has 1 N–H and O–H groups in total. The second kappa shape index (κ2) is 6.64. The Morgan fingerprint density at radius 3 is 2.58 bits per heavy atom. The molecule has 4 rings (SSSR count). The van der Waals surface area contributed by atoms with Crippen molar-refractivity contribution in [3.05, 3.63) is 77.6 Å². The van der Waals surface area contributed by atoms with Gasteiger partial charge in [-0.3, -0.25) is 4.40 Å². The molecule has 2 aromatic carbocycles. The predicted molar refractivity (Wildman–Crippen MR) is 107 cm³/mol. The van der Waals surface area contributed by atoms with Crippen LogP contribution in [0.5, 0.6) is 0 Å². The van der Waals surface area contributed by atoms with Gasteiger partial charge in [0.1, 0.15) is 11.5 Å². The molecule has 0 bridgehead atoms. The molecular weight excluding hydrogens is 320 g/mol. The van der Waals surface area contributed by atoms with Crippen LogP contribution in [0.3, 0.4) is 0 Å². The molecule has 4 nitrogen and oxygen atoms in total. The molecule has 0 aliphatic heterocycles. The van der Waals surface area contributed by atoms with Crippen LogP contribution in [0, 0.1) is 13.8 Å². The fourth-order valence-corrected chi connectivity index (χ4v) is 3.24. The number of aromatic nitrogens is 3. The average Bonchev–Trinajstić information content (AvgIpc) is 3.02. The van der Waals surface area contributed by atoms with Crippen LogP contribution in [0.2, 0.25) is 0 Å². The number of fused-ring (bicyclic) bond motifs is 1. The van der Waals surface area contributed by atoms with Crippen molar-refractivity contribution in [2.75, 3.05) is 5.32 Å². The first-order valence-corrected chi connectivity index (χ1v) is 8.93. The lowest BCUT2D eigenvalue weighted by molar-refractivity contribution is 1.10. The van der Waals surface area contributed by atoms with Gasteiger partial charge in [-0.1, -0.05) is 55.0 Å². The molecular formula is C22H22N4. The summed E-state index contributed by atoms with van der Waals surface area (Å²) in [4.78, 5) is 9.21. The molecule has 2 aromatic heterocycles. The highest BCUT2D eigenvalue weighted by Crippen LogP contribution is 2.33. The molecule has 2 heterocycles. The van der Waals surface area contributed by atoms with Gasteiger partial charge in [-0.25, -0.2) is 9.97 Å². The summed E-state index contributed by atoms with van der Waals surface area (Å²) in [5, 5.41) is 3.66. The molecule has 0 saturated heterocycles. The quantitative estimate of drug-likeness (QED) is 0.546. The highest BCUT2D eigenvalue weighted by Gasteiger charge is 2.16. The number of nitrogens with one attached hydrogen (secondary N) is 1. The third-order valence-electron chi connectivity index (χ3n) is 4.71. The third-order valence-corrected chi connectivity index (χ3v) is 4.71. The maximum atomic E-state index is 4.78. The van der Waals surface area contributed by atoms with Crippen LogP contribution in [0.4, 0.5) is 11.5 Å². The second-order valence-corrected chi connectivity index (χ2v) is 6.55. The van der Waals surface area contributed by atoms with Crippen LogP contribution in [0.1, 0.15) is 23.6 Å². The molecule has 0 unspecified atom stereocenters. The SMILES string of the molecule is CCc1cccc(C)c1Nc1c(-c2ccc(C)cc2)nc2ncccn12. The van der Waals surface area contributed by atoms with Crippen molar-refractivity contribution < 1.29 is 0 Å². The van der Waals surface area contributed by atoms with Gasteiger partial charge in [0.15, 0.2) is 0 Å². The number of hydrogen-bond donors (Lipinski definition) is 1. The summed E-state index contributed by atoms with van der Waals surface area (Å²) in [5.74, 6) is 1.64. The lowest BCUT2D eigenvalue weighted by atomic mass is 10.1. The third kappa shape index (κ3) is 2.84. The largest absolute Gasteiger partial charge is 0.339 e. The summed E-state index contributed by atoms with van der Waals surface area (Å²) in [5.41, 5.74) is 6.88. The van der Waals surface area contributed by atoms with E-state index in [1.807, 2.05) is 16.7 Å². The van der Waals surface area contributed by atoms with Gasteiger partial charge in [0.05, 0.1) is 0 Å². The second-order valence-electron chi connectivity index (χ2n) is 6.55. The maximum Gasteiger partial charge on any atom is 0.235 e. The highest BCUT2D eigenvalue weighted by molar-refractivity contribution is 5.80. The minimum absolute atomic E-state index is 0.692. The maximum absolute atomic E-state index is 4.78. The Bertz CT molecular complexity index is 1060. The number of rotatable bonds is 4. The van der Waals surface area contributed by atoms with Crippen molar-refractivity contribution in [3.8, 4) is 11.3 Å². The number of benzene rings is 2. The first-order valence-electron chi connectivity index (χ1n) is 8.93. The number of aryl methyl sites for hydroxylation is 3. The number of imidazole rings is 1. The summed E-state index contributed by atoms with van der Waals surface area (Å²) < 4.78 is 2.01. The molecule has 0 atom stereocenters. The Morgan fingerprint density at radius 1 is 1.00 bits per heavy atom. The molecule has 0 amide bonds. The predicted octanol–water partition coefficient (Wildman–Crippen LogP) is 5.32. The van der Waals surface area contributed by atoms with E-state index in [2.05, 4.69) is 73.5 Å². The molecule has 0 fully saturated rings. The first-order chi connectivity index (χ1) is 12.7. The van der Waals surface area contributed by atoms with Crippen molar-refractivity contribution >= 4 is 17.3 Å². The highest BCUT2D eigenvalue weighted by atomic mass is 15.2. The zero-order chi connectivity index (χ0) is 18.1. The lowest BCUT2D eigenvalue weighted by Gasteiger charge is -2.15. The first kappa shape index (κ1) is 16.3. The van der Waals surface area contributed by atoms with Crippen molar-refractivity contribution in [2.45, 2.75) is 27.2 Å². The molecule has 26 heavy (non-hydrogen) atoms. The van der Waals surface area contributed by atoms with Crippen molar-refractivity contribution in [3.63, 3.8) is 0 Å². The van der Waals surface area contributed by atoms with E-state index in [0.29, 0.717) is 5.78 Å². The van der Waals surface area contributed by atoms with Gasteiger partial charge >= 0.3 is 0 Å². The van der Waals surface area contributed by atoms with E-state index in [-0.39, 0.29) is 0 Å². The minimum atomic E-state index is 0.692. The topological polar surface area (TPSA) is 42.2 Å². The molecule has 0 aliphatic rings. The Morgan fingerprint density at radius 2 is 1.81 bits per heavy atom. The summed E-state index contributed by atoms with van der Waals surface area (Å²) in [6, 6.07) is 16.8. The smallest absolute Gasteiger partial charge is 0.235 e. The lowest BCUT2D eigenvalue weighted by Crippen LogP contribution is -2.02. The Kier molecular flexibility index (Phi) is 4.17. The van der Waals surface area contributed by atoms with E-state index in [9.17, 15) is 0 Å². The van der Waals surface area contributed by atoms with Gasteiger partial charge in [0.2, 0.25) is 5.78 Å². The van der Waals surface area contributed by atoms with Gasteiger partial charge in [0, 0.05) is 23.6 Å². The van der Waals surface area contributed by atoms with Gasteiger partial charge in [-0.15, -0.1) is 0 Å². The Labute approximate surface area is 153 Å². The standard InChI is InChI=1S/C22H22N4/c1-4-17-8-5-7-16(3)19(17)24-21-20(18-11-9-15(2)10-12-18)25-22-23-13-6-14-26(21)22/h5-14,24H,4H2,1-3H3. The molecule has 4 heteroatoms. The molecule has 4 aromatic rings. The Balaban J connectivity index is 1.91. The van der Waals surface area contributed by atoms with Crippen LogP contribution < -0.4 is 5.32 Å². The zero-order valence-corrected chi connectivity index (χ0v) is 15.3. The minimum Gasteiger partial charge on any atom is -0.339 e. The summed E-state index contributed by atoms with van der Waals surface area (Å²) in [6.45, 7) is 6.40. The number of anilines is 2. The molecule has 130 valence electrons. The fourth-order valence-electron chi connectivity index (χ4n) is 3.24. The number of para-hydroxylation sites is 1. The van der Waals surface area contributed by atoms with Crippen molar-refractivity contribution in [1.82, 2.24) is 14.4 Å². The number of nitrogens with zero attached hydrogens (tertiary/aromatic N) is 3. The average molecular weight is 342 g/mol. The van der Waals surface area contributed by atoms with Gasteiger partial charge in [-0.05, 0) is 37.5 Å².